The van der Waals surface area contributed by atoms with Gasteiger partial charge >= 0.3 is 0 Å². The van der Waals surface area contributed by atoms with Gasteiger partial charge in [-0.2, -0.15) is 4.98 Å². The third-order valence-electron chi connectivity index (χ3n) is 2.94. The summed E-state index contributed by atoms with van der Waals surface area (Å²) in [7, 11) is 0. The number of rotatable bonds is 7. The molecule has 0 spiro atoms. The van der Waals surface area contributed by atoms with Gasteiger partial charge in [-0.15, -0.1) is 11.8 Å². The van der Waals surface area contributed by atoms with Gasteiger partial charge in [-0.1, -0.05) is 16.8 Å². The van der Waals surface area contributed by atoms with Crippen LogP contribution in [0.4, 0.5) is 0 Å². The molecule has 1 N–H and O–H groups in total. The lowest BCUT2D eigenvalue weighted by molar-refractivity contribution is -0.121. The number of nitrogens with zero attached hydrogens (tertiary/aromatic N) is 2. The first-order chi connectivity index (χ1) is 10.5. The van der Waals surface area contributed by atoms with Crippen LogP contribution in [0.3, 0.4) is 0 Å². The Bertz CT molecular complexity index is 616. The van der Waals surface area contributed by atoms with Gasteiger partial charge in [-0.3, -0.25) is 4.79 Å². The summed E-state index contributed by atoms with van der Waals surface area (Å²) in [5.74, 6) is 1.87. The molecular weight excluding hydrogens is 322 g/mol. The normalized spacial score (nSPS) is 12.1. The van der Waals surface area contributed by atoms with E-state index in [2.05, 4.69) is 15.5 Å². The van der Waals surface area contributed by atoms with Gasteiger partial charge in [0.25, 0.3) is 0 Å². The summed E-state index contributed by atoms with van der Waals surface area (Å²) in [5, 5.41) is 7.39. The first kappa shape index (κ1) is 16.8. The van der Waals surface area contributed by atoms with E-state index in [1.54, 1.807) is 18.7 Å². The van der Waals surface area contributed by atoms with Gasteiger partial charge < -0.3 is 9.84 Å². The van der Waals surface area contributed by atoms with Gasteiger partial charge in [0.05, 0.1) is 6.04 Å². The van der Waals surface area contributed by atoms with Crippen LogP contribution in [0.5, 0.6) is 0 Å². The Morgan fingerprint density at radius 2 is 2.14 bits per heavy atom. The number of carbonyl (C=O) groups excluding carboxylic acids is 1. The molecule has 0 unspecified atom stereocenters. The average molecular weight is 340 g/mol. The Morgan fingerprint density at radius 1 is 1.41 bits per heavy atom. The highest BCUT2D eigenvalue weighted by molar-refractivity contribution is 7.99. The predicted molar refractivity (Wildman–Crippen MR) is 87.0 cm³/mol. The molecule has 0 radical (unpaired) electrons. The number of aromatic nitrogens is 2. The van der Waals surface area contributed by atoms with Gasteiger partial charge in [-0.05, 0) is 43.4 Å². The van der Waals surface area contributed by atoms with Crippen LogP contribution in [0.25, 0.3) is 0 Å². The van der Waals surface area contributed by atoms with Crippen molar-refractivity contribution in [2.45, 2.75) is 37.6 Å². The molecule has 118 valence electrons. The van der Waals surface area contributed by atoms with E-state index in [9.17, 15) is 4.79 Å². The van der Waals surface area contributed by atoms with Crippen molar-refractivity contribution >= 4 is 29.3 Å². The van der Waals surface area contributed by atoms with Crippen molar-refractivity contribution in [1.82, 2.24) is 15.5 Å². The number of carbonyl (C=O) groups is 1. The minimum absolute atomic E-state index is 0.00772. The Hall–Kier alpha value is -1.53. The fourth-order valence-corrected chi connectivity index (χ4v) is 2.80. The van der Waals surface area contributed by atoms with Crippen LogP contribution in [0.15, 0.2) is 33.7 Å². The summed E-state index contributed by atoms with van der Waals surface area (Å²) < 4.78 is 4.90. The molecule has 0 bridgehead atoms. The molecule has 0 fully saturated rings. The second-order valence-corrected chi connectivity index (χ2v) is 6.47. The number of thioether (sulfide) groups is 1. The summed E-state index contributed by atoms with van der Waals surface area (Å²) in [6, 6.07) is 7.45. The van der Waals surface area contributed by atoms with Crippen molar-refractivity contribution in [2.24, 2.45) is 0 Å². The van der Waals surface area contributed by atoms with Crippen molar-refractivity contribution in [2.75, 3.05) is 5.75 Å². The largest absolute Gasteiger partial charge is 0.346 e. The molecule has 1 heterocycles. The maximum atomic E-state index is 11.9. The molecule has 1 aromatic heterocycles. The first-order valence-electron chi connectivity index (χ1n) is 7.02. The van der Waals surface area contributed by atoms with Crippen LogP contribution >= 0.6 is 23.4 Å². The molecule has 2 rings (SSSR count). The molecule has 0 aliphatic rings. The van der Waals surface area contributed by atoms with E-state index >= 15 is 0 Å². The highest BCUT2D eigenvalue weighted by atomic mass is 35.5. The van der Waals surface area contributed by atoms with Crippen molar-refractivity contribution in [1.29, 1.82) is 0 Å². The smallest absolute Gasteiger partial charge is 0.223 e. The highest BCUT2D eigenvalue weighted by Crippen LogP contribution is 2.21. The van der Waals surface area contributed by atoms with E-state index in [1.165, 1.54) is 0 Å². The quantitative estimate of drug-likeness (QED) is 0.614. The van der Waals surface area contributed by atoms with Crippen LogP contribution in [-0.4, -0.2) is 21.8 Å². The number of aryl methyl sites for hydroxylation is 1. The third kappa shape index (κ3) is 5.35. The molecule has 0 aliphatic heterocycles. The molecule has 1 atom stereocenters. The fourth-order valence-electron chi connectivity index (χ4n) is 1.82. The summed E-state index contributed by atoms with van der Waals surface area (Å²) in [6.07, 6.45) is 1.28. The molecular formula is C15H18ClN3O2S. The molecule has 0 saturated heterocycles. The lowest BCUT2D eigenvalue weighted by Gasteiger charge is -2.09. The molecule has 2 aromatic rings. The van der Waals surface area contributed by atoms with E-state index in [0.717, 1.165) is 22.1 Å². The van der Waals surface area contributed by atoms with E-state index in [-0.39, 0.29) is 11.9 Å². The number of benzene rings is 1. The molecule has 1 aromatic carbocycles. The van der Waals surface area contributed by atoms with Gasteiger partial charge in [0.1, 0.15) is 0 Å². The Labute approximate surface area is 138 Å². The van der Waals surface area contributed by atoms with Gasteiger partial charge in [0, 0.05) is 23.3 Å². The van der Waals surface area contributed by atoms with Crippen molar-refractivity contribution in [3.63, 3.8) is 0 Å². The van der Waals surface area contributed by atoms with Crippen LogP contribution in [0, 0.1) is 6.92 Å². The number of halogens is 1. The predicted octanol–water partition coefficient (Wildman–Crippen LogP) is 3.78. The minimum Gasteiger partial charge on any atom is -0.346 e. The number of hydrogen-bond donors (Lipinski definition) is 1. The van der Waals surface area contributed by atoms with Crippen LogP contribution < -0.4 is 5.32 Å². The maximum Gasteiger partial charge on any atom is 0.223 e. The highest BCUT2D eigenvalue weighted by Gasteiger charge is 2.14. The number of hydrogen-bond acceptors (Lipinski definition) is 5. The lowest BCUT2D eigenvalue weighted by Crippen LogP contribution is -2.27. The molecule has 22 heavy (non-hydrogen) atoms. The summed E-state index contributed by atoms with van der Waals surface area (Å²) in [4.78, 5) is 17.1. The van der Waals surface area contributed by atoms with Crippen molar-refractivity contribution in [3.05, 3.63) is 41.0 Å². The molecule has 7 heteroatoms. The van der Waals surface area contributed by atoms with Crippen molar-refractivity contribution < 1.29 is 9.32 Å². The number of nitrogens with one attached hydrogen (secondary N) is 1. The van der Waals surface area contributed by atoms with E-state index < -0.39 is 0 Å². The second-order valence-electron chi connectivity index (χ2n) is 4.87. The monoisotopic (exact) mass is 339 g/mol. The third-order valence-corrected chi connectivity index (χ3v) is 4.29. The first-order valence-corrected chi connectivity index (χ1v) is 8.39. The SMILES string of the molecule is Cc1nc([C@@H](C)NC(=O)CCCSc2ccc(Cl)cc2)no1. The van der Waals surface area contributed by atoms with Crippen LogP contribution in [-0.2, 0) is 4.79 Å². The molecule has 1 amide bonds. The Morgan fingerprint density at radius 3 is 2.77 bits per heavy atom. The van der Waals surface area contributed by atoms with Crippen LogP contribution in [0.1, 0.15) is 37.5 Å². The average Bonchev–Trinajstić information content (AvgIpc) is 2.92. The topological polar surface area (TPSA) is 68.0 Å². The van der Waals surface area contributed by atoms with Gasteiger partial charge in [0.2, 0.25) is 11.8 Å². The molecule has 0 saturated carbocycles. The van der Waals surface area contributed by atoms with E-state index in [1.807, 2.05) is 31.2 Å². The minimum atomic E-state index is -0.242. The summed E-state index contributed by atoms with van der Waals surface area (Å²) in [5.41, 5.74) is 0. The zero-order valence-corrected chi connectivity index (χ0v) is 14.1. The molecule has 5 nitrogen and oxygen atoms in total. The maximum absolute atomic E-state index is 11.9. The fraction of sp³-hybridized carbons (Fsp3) is 0.400. The zero-order valence-electron chi connectivity index (χ0n) is 12.5. The Balaban J connectivity index is 1.66. The zero-order chi connectivity index (χ0) is 15.9. The standard InChI is InChI=1S/C15H18ClN3O2S/c1-10(15-18-11(2)21-19-15)17-14(20)4-3-9-22-13-7-5-12(16)6-8-13/h5-8,10H,3-4,9H2,1-2H3,(H,17,20)/t10-/m1/s1. The van der Waals surface area contributed by atoms with Gasteiger partial charge in [0.15, 0.2) is 5.82 Å². The molecule has 0 aliphatic carbocycles. The Kier molecular flexibility index (Phi) is 6.27. The summed E-state index contributed by atoms with van der Waals surface area (Å²) >= 11 is 7.55. The van der Waals surface area contributed by atoms with Crippen LogP contribution in [0.2, 0.25) is 5.02 Å². The van der Waals surface area contributed by atoms with Crippen molar-refractivity contribution in [3.8, 4) is 0 Å². The van der Waals surface area contributed by atoms with Gasteiger partial charge in [-0.25, -0.2) is 0 Å². The summed E-state index contributed by atoms with van der Waals surface area (Å²) in [6.45, 7) is 3.56. The lowest BCUT2D eigenvalue weighted by atomic mass is 10.2. The second kappa shape index (κ2) is 8.19. The number of amides is 1. The van der Waals surface area contributed by atoms with E-state index in [4.69, 9.17) is 16.1 Å². The van der Waals surface area contributed by atoms with E-state index in [0.29, 0.717) is 18.1 Å².